The summed E-state index contributed by atoms with van der Waals surface area (Å²) < 4.78 is 1.59. The maximum absolute atomic E-state index is 12.6. The summed E-state index contributed by atoms with van der Waals surface area (Å²) in [6, 6.07) is 3.90. The van der Waals surface area contributed by atoms with Crippen LogP contribution in [0, 0.1) is 6.92 Å². The molecule has 25 heavy (non-hydrogen) atoms. The molecule has 0 aliphatic rings. The highest BCUT2D eigenvalue weighted by Gasteiger charge is 2.18. The molecule has 0 atom stereocenters. The van der Waals surface area contributed by atoms with Crippen LogP contribution >= 0.6 is 0 Å². The molecule has 0 aromatic carbocycles. The second kappa shape index (κ2) is 7.04. The van der Waals surface area contributed by atoms with E-state index in [2.05, 4.69) is 33.8 Å². The minimum Gasteiger partial charge on any atom is -0.342 e. The predicted molar refractivity (Wildman–Crippen MR) is 99.9 cm³/mol. The van der Waals surface area contributed by atoms with E-state index in [1.807, 2.05) is 19.1 Å². The van der Waals surface area contributed by atoms with Crippen molar-refractivity contribution in [2.24, 2.45) is 7.05 Å². The zero-order valence-corrected chi connectivity index (χ0v) is 15.2. The molecule has 0 aliphatic heterocycles. The SMILES string of the molecule is CCCN(CCC)c1nc2c(-c3ccc(C)nc3)nn(C)c2c(=O)[nH]1. The van der Waals surface area contributed by atoms with Crippen LogP contribution in [0.25, 0.3) is 22.3 Å². The fourth-order valence-corrected chi connectivity index (χ4v) is 2.98. The molecule has 7 heteroatoms. The van der Waals surface area contributed by atoms with E-state index >= 15 is 0 Å². The molecular formula is C18H24N6O. The van der Waals surface area contributed by atoms with Gasteiger partial charge >= 0.3 is 0 Å². The van der Waals surface area contributed by atoms with Crippen LogP contribution in [-0.4, -0.2) is 37.8 Å². The number of nitrogens with one attached hydrogen (secondary N) is 1. The zero-order chi connectivity index (χ0) is 18.0. The first-order valence-corrected chi connectivity index (χ1v) is 8.70. The van der Waals surface area contributed by atoms with E-state index in [1.54, 1.807) is 17.9 Å². The van der Waals surface area contributed by atoms with Gasteiger partial charge in [0.15, 0.2) is 5.52 Å². The lowest BCUT2D eigenvalue weighted by molar-refractivity contribution is 0.721. The Kier molecular flexibility index (Phi) is 4.83. The number of aryl methyl sites for hydroxylation is 2. The van der Waals surface area contributed by atoms with E-state index in [0.29, 0.717) is 22.7 Å². The Morgan fingerprint density at radius 1 is 1.20 bits per heavy atom. The van der Waals surface area contributed by atoms with Crippen molar-refractivity contribution in [3.05, 3.63) is 34.4 Å². The Labute approximate surface area is 146 Å². The molecule has 0 radical (unpaired) electrons. The largest absolute Gasteiger partial charge is 0.342 e. The van der Waals surface area contributed by atoms with E-state index in [4.69, 9.17) is 4.98 Å². The van der Waals surface area contributed by atoms with E-state index in [0.717, 1.165) is 37.2 Å². The van der Waals surface area contributed by atoms with Crippen LogP contribution in [-0.2, 0) is 7.05 Å². The van der Waals surface area contributed by atoms with Gasteiger partial charge < -0.3 is 4.90 Å². The standard InChI is InChI=1S/C18H24N6O/c1-5-9-24(10-6-2)18-20-15-14(13-8-7-12(3)19-11-13)22-23(4)16(15)17(25)21-18/h7-8,11H,5-6,9-10H2,1-4H3,(H,20,21,25). The average molecular weight is 340 g/mol. The van der Waals surface area contributed by atoms with Crippen molar-refractivity contribution < 1.29 is 0 Å². The quantitative estimate of drug-likeness (QED) is 0.746. The number of anilines is 1. The van der Waals surface area contributed by atoms with E-state index < -0.39 is 0 Å². The predicted octanol–water partition coefficient (Wildman–Crippen LogP) is 2.65. The number of hydrogen-bond acceptors (Lipinski definition) is 5. The smallest absolute Gasteiger partial charge is 0.278 e. The van der Waals surface area contributed by atoms with Crippen LogP contribution in [0.3, 0.4) is 0 Å². The number of aromatic amines is 1. The third kappa shape index (κ3) is 3.26. The Bertz CT molecular complexity index is 919. The van der Waals surface area contributed by atoms with Gasteiger partial charge in [0.05, 0.1) is 0 Å². The molecule has 0 saturated heterocycles. The highest BCUT2D eigenvalue weighted by atomic mass is 16.1. The molecule has 0 saturated carbocycles. The normalized spacial score (nSPS) is 11.2. The first-order chi connectivity index (χ1) is 12.0. The summed E-state index contributed by atoms with van der Waals surface area (Å²) in [4.78, 5) is 26.8. The fraction of sp³-hybridized carbons (Fsp3) is 0.444. The first-order valence-electron chi connectivity index (χ1n) is 8.70. The highest BCUT2D eigenvalue weighted by Crippen LogP contribution is 2.25. The van der Waals surface area contributed by atoms with Crippen LogP contribution < -0.4 is 10.5 Å². The van der Waals surface area contributed by atoms with Crippen molar-refractivity contribution in [3.8, 4) is 11.3 Å². The van der Waals surface area contributed by atoms with Crippen molar-refractivity contribution in [3.63, 3.8) is 0 Å². The molecule has 3 aromatic heterocycles. The maximum atomic E-state index is 12.6. The third-order valence-electron chi connectivity index (χ3n) is 4.15. The molecule has 1 N–H and O–H groups in total. The third-order valence-corrected chi connectivity index (χ3v) is 4.15. The summed E-state index contributed by atoms with van der Waals surface area (Å²) in [5, 5.41) is 4.52. The van der Waals surface area contributed by atoms with Crippen molar-refractivity contribution >= 4 is 17.0 Å². The van der Waals surface area contributed by atoms with Gasteiger partial charge in [-0.15, -0.1) is 0 Å². The summed E-state index contributed by atoms with van der Waals surface area (Å²) in [5.41, 5.74) is 3.41. The van der Waals surface area contributed by atoms with Crippen LogP contribution in [0.2, 0.25) is 0 Å². The fourth-order valence-electron chi connectivity index (χ4n) is 2.98. The molecule has 132 valence electrons. The second-order valence-corrected chi connectivity index (χ2v) is 6.23. The molecule has 0 bridgehead atoms. The van der Waals surface area contributed by atoms with Crippen LogP contribution in [0.5, 0.6) is 0 Å². The lowest BCUT2D eigenvalue weighted by Crippen LogP contribution is -2.29. The van der Waals surface area contributed by atoms with Gasteiger partial charge in [-0.05, 0) is 31.9 Å². The topological polar surface area (TPSA) is 79.7 Å². The molecular weight excluding hydrogens is 316 g/mol. The Balaban J connectivity index is 2.19. The van der Waals surface area contributed by atoms with Gasteiger partial charge in [0.2, 0.25) is 5.95 Å². The van der Waals surface area contributed by atoms with Crippen LogP contribution in [0.4, 0.5) is 5.95 Å². The lowest BCUT2D eigenvalue weighted by Gasteiger charge is -2.21. The number of pyridine rings is 1. The molecule has 3 rings (SSSR count). The minimum absolute atomic E-state index is 0.168. The summed E-state index contributed by atoms with van der Waals surface area (Å²) >= 11 is 0. The molecule has 0 aliphatic carbocycles. The molecule has 0 amide bonds. The van der Waals surface area contributed by atoms with Gasteiger partial charge in [0.1, 0.15) is 11.2 Å². The number of fused-ring (bicyclic) bond motifs is 1. The Hall–Kier alpha value is -2.70. The van der Waals surface area contributed by atoms with E-state index in [9.17, 15) is 4.79 Å². The molecule has 0 fully saturated rings. The van der Waals surface area contributed by atoms with Gasteiger partial charge in [0, 0.05) is 37.6 Å². The second-order valence-electron chi connectivity index (χ2n) is 6.23. The highest BCUT2D eigenvalue weighted by molar-refractivity contribution is 5.89. The van der Waals surface area contributed by atoms with E-state index in [1.165, 1.54) is 0 Å². The zero-order valence-electron chi connectivity index (χ0n) is 15.2. The van der Waals surface area contributed by atoms with Gasteiger partial charge in [-0.2, -0.15) is 5.10 Å². The van der Waals surface area contributed by atoms with Crippen molar-refractivity contribution in [1.29, 1.82) is 0 Å². The molecule has 7 nitrogen and oxygen atoms in total. The van der Waals surface area contributed by atoms with Crippen molar-refractivity contribution in [2.45, 2.75) is 33.6 Å². The maximum Gasteiger partial charge on any atom is 0.278 e. The number of aromatic nitrogens is 5. The van der Waals surface area contributed by atoms with Gasteiger partial charge in [-0.1, -0.05) is 13.8 Å². The number of H-pyrrole nitrogens is 1. The molecule has 0 spiro atoms. The van der Waals surface area contributed by atoms with Gasteiger partial charge in [0.25, 0.3) is 5.56 Å². The van der Waals surface area contributed by atoms with Crippen LogP contribution in [0.15, 0.2) is 23.1 Å². The number of rotatable bonds is 6. The summed E-state index contributed by atoms with van der Waals surface area (Å²) in [5.74, 6) is 0.607. The minimum atomic E-state index is -0.168. The first kappa shape index (κ1) is 17.1. The molecule has 3 aromatic rings. The molecule has 0 unspecified atom stereocenters. The summed E-state index contributed by atoms with van der Waals surface area (Å²) in [6.45, 7) is 7.88. The number of nitrogens with zero attached hydrogens (tertiary/aromatic N) is 5. The van der Waals surface area contributed by atoms with Crippen molar-refractivity contribution in [1.82, 2.24) is 24.7 Å². The summed E-state index contributed by atoms with van der Waals surface area (Å²) in [6.07, 6.45) is 3.75. The monoisotopic (exact) mass is 340 g/mol. The summed E-state index contributed by atoms with van der Waals surface area (Å²) in [7, 11) is 1.76. The Morgan fingerprint density at radius 3 is 2.52 bits per heavy atom. The van der Waals surface area contributed by atoms with Gasteiger partial charge in [-0.25, -0.2) is 4.98 Å². The lowest BCUT2D eigenvalue weighted by atomic mass is 10.2. The Morgan fingerprint density at radius 2 is 1.92 bits per heavy atom. The van der Waals surface area contributed by atoms with E-state index in [-0.39, 0.29) is 5.56 Å². The van der Waals surface area contributed by atoms with Gasteiger partial charge in [-0.3, -0.25) is 19.4 Å². The van der Waals surface area contributed by atoms with Crippen molar-refractivity contribution in [2.75, 3.05) is 18.0 Å². The van der Waals surface area contributed by atoms with Crippen LogP contribution in [0.1, 0.15) is 32.4 Å². The average Bonchev–Trinajstić information content (AvgIpc) is 2.92. The number of hydrogen-bond donors (Lipinski definition) is 1. The molecule has 3 heterocycles.